The van der Waals surface area contributed by atoms with Crippen LogP contribution in [0.2, 0.25) is 0 Å². The van der Waals surface area contributed by atoms with Crippen molar-refractivity contribution in [2.24, 2.45) is 11.7 Å². The van der Waals surface area contributed by atoms with Crippen molar-refractivity contribution in [3.63, 3.8) is 0 Å². The molecule has 0 aliphatic rings. The maximum atomic E-state index is 11.9. The van der Waals surface area contributed by atoms with Gasteiger partial charge in [-0.05, 0) is 37.2 Å². The van der Waals surface area contributed by atoms with Gasteiger partial charge in [-0.2, -0.15) is 0 Å². The highest BCUT2D eigenvalue weighted by Gasteiger charge is 2.15. The van der Waals surface area contributed by atoms with E-state index in [2.05, 4.69) is 5.32 Å². The molecule has 1 amide bonds. The Bertz CT molecular complexity index is 591. The maximum absolute atomic E-state index is 11.9. The highest BCUT2D eigenvalue weighted by Crippen LogP contribution is 2.08. The monoisotopic (exact) mass is 378 g/mol. The highest BCUT2D eigenvalue weighted by atomic mass is 16.5. The van der Waals surface area contributed by atoms with Crippen LogP contribution in [-0.2, 0) is 25.7 Å². The fraction of sp³-hybridized carbons (Fsp3) is 0.550. The van der Waals surface area contributed by atoms with E-state index < -0.39 is 18.0 Å². The number of nitrogens with one attached hydrogen (secondary N) is 1. The van der Waals surface area contributed by atoms with Crippen LogP contribution < -0.4 is 11.1 Å². The Kier molecular flexibility index (Phi) is 10.8. The van der Waals surface area contributed by atoms with E-state index in [1.165, 1.54) is 0 Å². The summed E-state index contributed by atoms with van der Waals surface area (Å²) in [6.45, 7) is 2.68. The highest BCUT2D eigenvalue weighted by molar-refractivity contribution is 5.77. The van der Waals surface area contributed by atoms with Crippen molar-refractivity contribution in [3.8, 4) is 0 Å². The minimum absolute atomic E-state index is 0.0927. The summed E-state index contributed by atoms with van der Waals surface area (Å²) in [5, 5.41) is 11.4. The van der Waals surface area contributed by atoms with Crippen LogP contribution >= 0.6 is 0 Å². The molecule has 0 fully saturated rings. The first-order chi connectivity index (χ1) is 12.9. The number of amides is 1. The minimum atomic E-state index is -0.801. The van der Waals surface area contributed by atoms with Crippen LogP contribution in [0.5, 0.6) is 0 Å². The molecule has 150 valence electrons. The van der Waals surface area contributed by atoms with Crippen LogP contribution in [-0.4, -0.2) is 35.5 Å². The molecule has 0 saturated carbocycles. The van der Waals surface area contributed by atoms with E-state index in [9.17, 15) is 14.4 Å². The fourth-order valence-corrected chi connectivity index (χ4v) is 2.52. The molecule has 0 bridgehead atoms. The number of hydrogen-bond acceptors (Lipinski definition) is 5. The molecule has 2 unspecified atom stereocenters. The Labute approximate surface area is 160 Å². The summed E-state index contributed by atoms with van der Waals surface area (Å²) in [5.41, 5.74) is 6.71. The lowest BCUT2D eigenvalue weighted by Crippen LogP contribution is -2.33. The smallest absolute Gasteiger partial charge is 0.323 e. The predicted molar refractivity (Wildman–Crippen MR) is 102 cm³/mol. The molecule has 0 aliphatic carbocycles. The number of hydrogen-bond donors (Lipinski definition) is 3. The zero-order valence-electron chi connectivity index (χ0n) is 15.9. The zero-order chi connectivity index (χ0) is 20.1. The summed E-state index contributed by atoms with van der Waals surface area (Å²) in [6.07, 6.45) is 2.69. The third kappa shape index (κ3) is 11.0. The number of carbonyl (C=O) groups excluding carboxylic acids is 2. The van der Waals surface area contributed by atoms with Crippen molar-refractivity contribution in [1.82, 2.24) is 5.32 Å². The van der Waals surface area contributed by atoms with Crippen molar-refractivity contribution in [3.05, 3.63) is 35.9 Å². The van der Waals surface area contributed by atoms with Crippen LogP contribution in [0.4, 0.5) is 0 Å². The Hall–Kier alpha value is -2.41. The molecule has 7 heteroatoms. The lowest BCUT2D eigenvalue weighted by molar-refractivity contribution is -0.146. The van der Waals surface area contributed by atoms with Crippen LogP contribution in [0.25, 0.3) is 0 Å². The zero-order valence-corrected chi connectivity index (χ0v) is 15.9. The Balaban J connectivity index is 2.11. The third-order valence-electron chi connectivity index (χ3n) is 4.18. The molecule has 0 spiro atoms. The van der Waals surface area contributed by atoms with Gasteiger partial charge < -0.3 is 20.9 Å². The largest absolute Gasteiger partial charge is 0.481 e. The Morgan fingerprint density at radius 2 is 1.78 bits per heavy atom. The predicted octanol–water partition coefficient (Wildman–Crippen LogP) is 2.23. The normalized spacial score (nSPS) is 12.8. The summed E-state index contributed by atoms with van der Waals surface area (Å²) in [7, 11) is 0. The molecule has 1 rings (SSSR count). The van der Waals surface area contributed by atoms with Crippen molar-refractivity contribution in [2.45, 2.75) is 58.1 Å². The number of carbonyl (C=O) groups is 3. The molecule has 7 nitrogen and oxygen atoms in total. The van der Waals surface area contributed by atoms with E-state index in [0.717, 1.165) is 12.0 Å². The Morgan fingerprint density at radius 3 is 2.44 bits per heavy atom. The van der Waals surface area contributed by atoms with Crippen molar-refractivity contribution in [1.29, 1.82) is 0 Å². The molecule has 0 aliphatic heterocycles. The summed E-state index contributed by atoms with van der Waals surface area (Å²) in [6, 6.07) is 8.62. The van der Waals surface area contributed by atoms with Gasteiger partial charge in [0.15, 0.2) is 0 Å². The van der Waals surface area contributed by atoms with Gasteiger partial charge in [-0.25, -0.2) is 0 Å². The van der Waals surface area contributed by atoms with Crippen LogP contribution in [0, 0.1) is 5.92 Å². The number of carboxylic acids is 1. The summed E-state index contributed by atoms with van der Waals surface area (Å²) in [4.78, 5) is 34.2. The number of ether oxygens (including phenoxy) is 1. The van der Waals surface area contributed by atoms with E-state index >= 15 is 0 Å². The number of rotatable bonds is 13. The van der Waals surface area contributed by atoms with Crippen molar-refractivity contribution in [2.75, 3.05) is 6.54 Å². The lowest BCUT2D eigenvalue weighted by Gasteiger charge is -2.13. The number of carboxylic acid groups (broad SMARTS) is 1. The SMILES string of the molecule is CC(CCCC(=O)O)CNC(=O)CCCC(N)C(=O)OCc1ccccc1. The second-order valence-electron chi connectivity index (χ2n) is 6.79. The first-order valence-corrected chi connectivity index (χ1v) is 9.33. The lowest BCUT2D eigenvalue weighted by atomic mass is 10.0. The summed E-state index contributed by atoms with van der Waals surface area (Å²) >= 11 is 0. The summed E-state index contributed by atoms with van der Waals surface area (Å²) in [5.74, 6) is -1.13. The molecule has 27 heavy (non-hydrogen) atoms. The quantitative estimate of drug-likeness (QED) is 0.453. The van der Waals surface area contributed by atoms with E-state index in [1.807, 2.05) is 37.3 Å². The van der Waals surface area contributed by atoms with Gasteiger partial charge in [-0.1, -0.05) is 37.3 Å². The van der Waals surface area contributed by atoms with Crippen LogP contribution in [0.3, 0.4) is 0 Å². The van der Waals surface area contributed by atoms with Crippen molar-refractivity contribution < 1.29 is 24.2 Å². The molecule has 0 radical (unpaired) electrons. The van der Waals surface area contributed by atoms with E-state index in [4.69, 9.17) is 15.6 Å². The number of benzene rings is 1. The topological polar surface area (TPSA) is 119 Å². The molecule has 1 aromatic rings. The number of nitrogens with two attached hydrogens (primary N) is 1. The van der Waals surface area contributed by atoms with Gasteiger partial charge in [0.1, 0.15) is 12.6 Å². The number of aliphatic carboxylic acids is 1. The molecule has 2 atom stereocenters. The molecule has 0 heterocycles. The first-order valence-electron chi connectivity index (χ1n) is 9.33. The molecular weight excluding hydrogens is 348 g/mol. The van der Waals surface area contributed by atoms with E-state index in [0.29, 0.717) is 32.2 Å². The van der Waals surface area contributed by atoms with Crippen LogP contribution in [0.15, 0.2) is 30.3 Å². The molecular formula is C20H30N2O5. The van der Waals surface area contributed by atoms with Gasteiger partial charge in [-0.15, -0.1) is 0 Å². The van der Waals surface area contributed by atoms with Gasteiger partial charge in [0, 0.05) is 19.4 Å². The third-order valence-corrected chi connectivity index (χ3v) is 4.18. The average molecular weight is 378 g/mol. The van der Waals surface area contributed by atoms with Crippen LogP contribution in [0.1, 0.15) is 51.0 Å². The number of esters is 1. The maximum Gasteiger partial charge on any atom is 0.323 e. The van der Waals surface area contributed by atoms with Gasteiger partial charge >= 0.3 is 11.9 Å². The van der Waals surface area contributed by atoms with Gasteiger partial charge in [0.25, 0.3) is 0 Å². The first kappa shape index (κ1) is 22.6. The average Bonchev–Trinajstić information content (AvgIpc) is 2.64. The minimum Gasteiger partial charge on any atom is -0.481 e. The summed E-state index contributed by atoms with van der Waals surface area (Å²) < 4.78 is 5.17. The van der Waals surface area contributed by atoms with E-state index in [1.54, 1.807) is 0 Å². The van der Waals surface area contributed by atoms with E-state index in [-0.39, 0.29) is 24.9 Å². The Morgan fingerprint density at radius 1 is 1.11 bits per heavy atom. The van der Waals surface area contributed by atoms with Gasteiger partial charge in [0.2, 0.25) is 5.91 Å². The fourth-order valence-electron chi connectivity index (χ4n) is 2.52. The van der Waals surface area contributed by atoms with Crippen molar-refractivity contribution >= 4 is 17.8 Å². The molecule has 4 N–H and O–H groups in total. The standard InChI is InChI=1S/C20H30N2O5/c1-15(7-5-12-19(24)25)13-22-18(23)11-6-10-17(21)20(26)27-14-16-8-3-2-4-9-16/h2-4,8-9,15,17H,5-7,10-14,21H2,1H3,(H,22,23)(H,24,25). The second-order valence-corrected chi connectivity index (χ2v) is 6.79. The molecule has 0 saturated heterocycles. The second kappa shape index (κ2) is 12.9. The van der Waals surface area contributed by atoms with Gasteiger partial charge in [-0.3, -0.25) is 14.4 Å². The van der Waals surface area contributed by atoms with Gasteiger partial charge in [0.05, 0.1) is 0 Å². The molecule has 0 aromatic heterocycles. The molecule has 1 aromatic carbocycles.